The van der Waals surface area contributed by atoms with Gasteiger partial charge in [0.15, 0.2) is 0 Å². The average Bonchev–Trinajstić information content (AvgIpc) is 2.67. The lowest BCUT2D eigenvalue weighted by molar-refractivity contribution is 0.356. The molecular formula is C10H11N3O. The van der Waals surface area contributed by atoms with Crippen LogP contribution in [0.5, 0.6) is 0 Å². The Hall–Kier alpha value is -1.68. The molecule has 0 atom stereocenters. The van der Waals surface area contributed by atoms with Gasteiger partial charge in [-0.25, -0.2) is 0 Å². The number of aliphatic hydroxyl groups is 1. The molecule has 1 aliphatic rings. The van der Waals surface area contributed by atoms with Gasteiger partial charge in [-0.3, -0.25) is 0 Å². The predicted molar refractivity (Wildman–Crippen MR) is 56.5 cm³/mol. The van der Waals surface area contributed by atoms with E-state index in [2.05, 4.69) is 10.2 Å². The molecule has 3 N–H and O–H groups in total. The van der Waals surface area contributed by atoms with Gasteiger partial charge >= 0.3 is 0 Å². The summed E-state index contributed by atoms with van der Waals surface area (Å²) in [7, 11) is 0. The maximum Gasteiger partial charge on any atom is 0.0836 e. The fourth-order valence-electron chi connectivity index (χ4n) is 1.39. The van der Waals surface area contributed by atoms with Crippen molar-refractivity contribution in [3.05, 3.63) is 29.8 Å². The first-order chi connectivity index (χ1) is 6.81. The number of hydrogen-bond donors (Lipinski definition) is 2. The zero-order chi connectivity index (χ0) is 9.97. The molecule has 0 radical (unpaired) electrons. The molecule has 4 nitrogen and oxygen atoms in total. The molecule has 0 spiro atoms. The molecule has 2 rings (SSSR count). The van der Waals surface area contributed by atoms with Crippen LogP contribution < -0.4 is 5.73 Å². The lowest BCUT2D eigenvalue weighted by atomic mass is 10.0. The van der Waals surface area contributed by atoms with Crippen LogP contribution in [0.4, 0.5) is 5.69 Å². The molecule has 0 unspecified atom stereocenters. The van der Waals surface area contributed by atoms with Crippen molar-refractivity contribution in [2.75, 3.05) is 12.3 Å². The zero-order valence-corrected chi connectivity index (χ0v) is 7.64. The third-order valence-corrected chi connectivity index (χ3v) is 2.14. The molecule has 0 bridgehead atoms. The van der Waals surface area contributed by atoms with E-state index in [9.17, 15) is 0 Å². The second-order valence-electron chi connectivity index (χ2n) is 3.14. The molecule has 0 fully saturated rings. The summed E-state index contributed by atoms with van der Waals surface area (Å²) >= 11 is 0. The first-order valence-corrected chi connectivity index (χ1v) is 4.39. The summed E-state index contributed by atoms with van der Waals surface area (Å²) in [6.45, 7) is -0.0419. The van der Waals surface area contributed by atoms with Crippen molar-refractivity contribution in [1.29, 1.82) is 0 Å². The van der Waals surface area contributed by atoms with E-state index >= 15 is 0 Å². The second kappa shape index (κ2) is 3.59. The highest BCUT2D eigenvalue weighted by Gasteiger charge is 2.14. The van der Waals surface area contributed by atoms with E-state index in [0.29, 0.717) is 17.8 Å². The van der Waals surface area contributed by atoms with Crippen LogP contribution in [0.3, 0.4) is 0 Å². The van der Waals surface area contributed by atoms with Crippen molar-refractivity contribution >= 4 is 17.1 Å². The number of benzene rings is 1. The number of nitrogen functional groups attached to an aromatic ring is 1. The summed E-state index contributed by atoms with van der Waals surface area (Å²) in [6, 6.07) is 7.52. The van der Waals surface area contributed by atoms with E-state index in [0.717, 1.165) is 11.3 Å². The standard InChI is InChI=1S/C10H11N3O/c11-9-4-2-1-3-8(9)10-5-7(6-14)12-13-10/h1-4,14H,5-6,11H2. The molecule has 0 saturated carbocycles. The SMILES string of the molecule is Nc1ccccc1C1=NN=C(CO)C1. The van der Waals surface area contributed by atoms with Crippen LogP contribution in [0.25, 0.3) is 0 Å². The van der Waals surface area contributed by atoms with Gasteiger partial charge in [-0.15, -0.1) is 0 Å². The third-order valence-electron chi connectivity index (χ3n) is 2.14. The Morgan fingerprint density at radius 2 is 2.07 bits per heavy atom. The van der Waals surface area contributed by atoms with Crippen molar-refractivity contribution < 1.29 is 5.11 Å². The van der Waals surface area contributed by atoms with E-state index in [1.807, 2.05) is 24.3 Å². The molecule has 0 saturated heterocycles. The van der Waals surface area contributed by atoms with Gasteiger partial charge in [-0.05, 0) is 6.07 Å². The number of hydrogen-bond acceptors (Lipinski definition) is 4. The minimum atomic E-state index is -0.0419. The first kappa shape index (κ1) is 8.90. The Labute approximate surface area is 81.8 Å². The fraction of sp³-hybridized carbons (Fsp3) is 0.200. The number of anilines is 1. The van der Waals surface area contributed by atoms with E-state index < -0.39 is 0 Å². The maximum absolute atomic E-state index is 8.86. The van der Waals surface area contributed by atoms with Crippen molar-refractivity contribution in [1.82, 2.24) is 0 Å². The van der Waals surface area contributed by atoms with Gasteiger partial charge in [0.05, 0.1) is 18.0 Å². The Kier molecular flexibility index (Phi) is 2.28. The maximum atomic E-state index is 8.86. The summed E-state index contributed by atoms with van der Waals surface area (Å²) in [5, 5.41) is 16.7. The van der Waals surface area contributed by atoms with Crippen LogP contribution in [-0.2, 0) is 0 Å². The number of nitrogens with two attached hydrogens (primary N) is 1. The monoisotopic (exact) mass is 189 g/mol. The lowest BCUT2D eigenvalue weighted by Crippen LogP contribution is -2.09. The van der Waals surface area contributed by atoms with Crippen LogP contribution in [0.2, 0.25) is 0 Å². The second-order valence-corrected chi connectivity index (χ2v) is 3.14. The molecule has 1 aromatic rings. The number of para-hydroxylation sites is 1. The Bertz CT molecular complexity index is 410. The van der Waals surface area contributed by atoms with Gasteiger partial charge in [0.1, 0.15) is 0 Å². The molecular weight excluding hydrogens is 178 g/mol. The predicted octanol–water partition coefficient (Wildman–Crippen LogP) is 0.810. The van der Waals surface area contributed by atoms with E-state index in [-0.39, 0.29) is 6.61 Å². The third kappa shape index (κ3) is 1.52. The highest BCUT2D eigenvalue weighted by molar-refractivity contribution is 6.17. The largest absolute Gasteiger partial charge is 0.398 e. The molecule has 1 heterocycles. The number of rotatable bonds is 2. The molecule has 14 heavy (non-hydrogen) atoms. The van der Waals surface area contributed by atoms with E-state index in [1.165, 1.54) is 0 Å². The average molecular weight is 189 g/mol. The van der Waals surface area contributed by atoms with Crippen molar-refractivity contribution in [3.63, 3.8) is 0 Å². The quantitative estimate of drug-likeness (QED) is 0.676. The molecule has 0 aromatic heterocycles. The van der Waals surface area contributed by atoms with Crippen molar-refractivity contribution in [2.45, 2.75) is 6.42 Å². The summed E-state index contributed by atoms with van der Waals surface area (Å²) in [4.78, 5) is 0. The van der Waals surface area contributed by atoms with Gasteiger partial charge in [-0.2, -0.15) is 10.2 Å². The van der Waals surface area contributed by atoms with Crippen LogP contribution in [0, 0.1) is 0 Å². The Morgan fingerprint density at radius 3 is 2.71 bits per heavy atom. The van der Waals surface area contributed by atoms with Crippen LogP contribution >= 0.6 is 0 Å². The summed E-state index contributed by atoms with van der Waals surface area (Å²) in [6.07, 6.45) is 0.588. The van der Waals surface area contributed by atoms with Gasteiger partial charge in [-0.1, -0.05) is 18.2 Å². The minimum absolute atomic E-state index is 0.0419. The molecule has 0 aliphatic carbocycles. The minimum Gasteiger partial charge on any atom is -0.398 e. The van der Waals surface area contributed by atoms with Gasteiger partial charge in [0.2, 0.25) is 0 Å². The molecule has 72 valence electrons. The van der Waals surface area contributed by atoms with Gasteiger partial charge in [0, 0.05) is 17.7 Å². The van der Waals surface area contributed by atoms with Crippen molar-refractivity contribution in [3.8, 4) is 0 Å². The van der Waals surface area contributed by atoms with Crippen molar-refractivity contribution in [2.24, 2.45) is 10.2 Å². The first-order valence-electron chi connectivity index (χ1n) is 4.39. The van der Waals surface area contributed by atoms with Crippen LogP contribution in [0.1, 0.15) is 12.0 Å². The Morgan fingerprint density at radius 1 is 1.29 bits per heavy atom. The lowest BCUT2D eigenvalue weighted by Gasteiger charge is -2.03. The summed E-state index contributed by atoms with van der Waals surface area (Å²) < 4.78 is 0. The van der Waals surface area contributed by atoms with Crippen LogP contribution in [0.15, 0.2) is 34.5 Å². The zero-order valence-electron chi connectivity index (χ0n) is 7.64. The number of aliphatic hydroxyl groups excluding tert-OH is 1. The van der Waals surface area contributed by atoms with Gasteiger partial charge < -0.3 is 10.8 Å². The molecule has 1 aliphatic heterocycles. The van der Waals surface area contributed by atoms with E-state index in [4.69, 9.17) is 10.8 Å². The molecule has 1 aromatic carbocycles. The molecule has 0 amide bonds. The number of nitrogens with zero attached hydrogens (tertiary/aromatic N) is 2. The summed E-state index contributed by atoms with van der Waals surface area (Å²) in [5.41, 5.74) is 8.90. The van der Waals surface area contributed by atoms with Crippen LogP contribution in [-0.4, -0.2) is 23.1 Å². The fourth-order valence-corrected chi connectivity index (χ4v) is 1.39. The highest BCUT2D eigenvalue weighted by atomic mass is 16.3. The normalized spacial score (nSPS) is 15.2. The smallest absolute Gasteiger partial charge is 0.0836 e. The van der Waals surface area contributed by atoms with Gasteiger partial charge in [0.25, 0.3) is 0 Å². The highest BCUT2D eigenvalue weighted by Crippen LogP contribution is 2.17. The topological polar surface area (TPSA) is 71.0 Å². The molecule has 4 heteroatoms. The summed E-state index contributed by atoms with van der Waals surface area (Å²) in [5.74, 6) is 0. The van der Waals surface area contributed by atoms with E-state index in [1.54, 1.807) is 0 Å². The Balaban J connectivity index is 2.24.